The van der Waals surface area contributed by atoms with E-state index in [1.165, 1.54) is 21.2 Å². The van der Waals surface area contributed by atoms with Crippen molar-refractivity contribution in [1.82, 2.24) is 34.7 Å². The number of carbonyl (C=O) groups is 1. The molecule has 1 aromatic carbocycles. The number of anilines is 1. The van der Waals surface area contributed by atoms with Crippen molar-refractivity contribution in [3.8, 4) is 0 Å². The maximum absolute atomic E-state index is 13.4. The second-order valence-corrected chi connectivity index (χ2v) is 8.44. The van der Waals surface area contributed by atoms with Gasteiger partial charge < -0.3 is 14.4 Å². The fourth-order valence-electron chi connectivity index (χ4n) is 4.97. The minimum Gasteiger partial charge on any atom is -0.355 e. The molecular formula is C22H24N8O. The zero-order valence-electron chi connectivity index (χ0n) is 17.3. The highest BCUT2D eigenvalue weighted by Gasteiger charge is 2.30. The predicted octanol–water partition coefficient (Wildman–Crippen LogP) is 2.12. The van der Waals surface area contributed by atoms with Gasteiger partial charge in [0.05, 0.1) is 6.54 Å². The normalized spacial score (nSPS) is 17.8. The number of nitrogens with zero attached hydrogens (tertiary/aromatic N) is 8. The highest BCUT2D eigenvalue weighted by Crippen LogP contribution is 2.27. The fourth-order valence-corrected chi connectivity index (χ4v) is 4.97. The molecule has 2 aliphatic heterocycles. The van der Waals surface area contributed by atoms with Gasteiger partial charge in [-0.15, -0.1) is 14.8 Å². The summed E-state index contributed by atoms with van der Waals surface area (Å²) in [6.45, 7) is 4.12. The van der Waals surface area contributed by atoms with Crippen molar-refractivity contribution in [3.05, 3.63) is 48.2 Å². The molecule has 0 radical (unpaired) electrons. The molecule has 9 nitrogen and oxygen atoms in total. The van der Waals surface area contributed by atoms with Crippen molar-refractivity contribution in [2.45, 2.75) is 32.4 Å². The predicted molar refractivity (Wildman–Crippen MR) is 115 cm³/mol. The lowest BCUT2D eigenvalue weighted by molar-refractivity contribution is -0.136. The van der Waals surface area contributed by atoms with Gasteiger partial charge in [-0.1, -0.05) is 18.2 Å². The maximum Gasteiger partial charge on any atom is 0.226 e. The zero-order chi connectivity index (χ0) is 20.8. The second kappa shape index (κ2) is 7.33. The van der Waals surface area contributed by atoms with Crippen LogP contribution in [0.3, 0.4) is 0 Å². The molecule has 5 heterocycles. The molecule has 0 saturated carbocycles. The molecule has 0 spiro atoms. The van der Waals surface area contributed by atoms with Gasteiger partial charge in [-0.25, -0.2) is 0 Å². The number of carbonyl (C=O) groups excluding carboxylic acids is 1. The Balaban J connectivity index is 1.15. The Morgan fingerprint density at radius 3 is 2.77 bits per heavy atom. The van der Waals surface area contributed by atoms with E-state index in [4.69, 9.17) is 0 Å². The first-order valence-corrected chi connectivity index (χ1v) is 10.9. The van der Waals surface area contributed by atoms with Crippen molar-refractivity contribution in [3.63, 3.8) is 0 Å². The number of para-hydroxylation sites is 1. The first-order valence-electron chi connectivity index (χ1n) is 10.9. The van der Waals surface area contributed by atoms with Crippen LogP contribution in [0.15, 0.2) is 42.5 Å². The number of tetrazole rings is 1. The molecule has 1 amide bonds. The number of benzene rings is 1. The van der Waals surface area contributed by atoms with Gasteiger partial charge in [0, 0.05) is 43.3 Å². The molecule has 0 N–H and O–H groups in total. The van der Waals surface area contributed by atoms with Gasteiger partial charge in [-0.05, 0) is 59.3 Å². The highest BCUT2D eigenvalue weighted by atomic mass is 16.2. The number of piperidine rings is 1. The molecule has 0 atom stereocenters. The van der Waals surface area contributed by atoms with Crippen LogP contribution in [0.4, 0.5) is 5.82 Å². The Hall–Kier alpha value is -3.49. The third kappa shape index (κ3) is 3.20. The van der Waals surface area contributed by atoms with Crippen molar-refractivity contribution >= 4 is 28.3 Å². The van der Waals surface area contributed by atoms with Crippen LogP contribution in [-0.2, 0) is 17.9 Å². The summed E-state index contributed by atoms with van der Waals surface area (Å²) >= 11 is 0. The number of aromatic nitrogens is 6. The summed E-state index contributed by atoms with van der Waals surface area (Å²) in [5.74, 6) is 1.22. The van der Waals surface area contributed by atoms with Crippen molar-refractivity contribution in [1.29, 1.82) is 0 Å². The lowest BCUT2D eigenvalue weighted by Gasteiger charge is -2.34. The first kappa shape index (κ1) is 18.3. The quantitative estimate of drug-likeness (QED) is 0.498. The van der Waals surface area contributed by atoms with Gasteiger partial charge in [0.15, 0.2) is 11.5 Å². The Bertz CT molecular complexity index is 1250. The van der Waals surface area contributed by atoms with E-state index in [1.54, 1.807) is 0 Å². The van der Waals surface area contributed by atoms with Crippen LogP contribution in [0.2, 0.25) is 0 Å². The molecule has 1 fully saturated rings. The average molecular weight is 416 g/mol. The highest BCUT2D eigenvalue weighted by molar-refractivity contribution is 5.82. The van der Waals surface area contributed by atoms with E-state index in [2.05, 4.69) is 65.3 Å². The van der Waals surface area contributed by atoms with Gasteiger partial charge in [-0.3, -0.25) is 4.79 Å². The van der Waals surface area contributed by atoms with E-state index in [9.17, 15) is 4.79 Å². The third-order valence-electron chi connectivity index (χ3n) is 6.59. The SMILES string of the molecule is O=C(C1CCN(c2ccc3nnnn3n2)CC1)N1CCCn2c(cc3ccccc32)C1. The van der Waals surface area contributed by atoms with Crippen LogP contribution in [0, 0.1) is 5.92 Å². The average Bonchev–Trinajstić information content (AvgIpc) is 3.36. The summed E-state index contributed by atoms with van der Waals surface area (Å²) in [5.41, 5.74) is 3.14. The third-order valence-corrected chi connectivity index (χ3v) is 6.59. The molecule has 3 aromatic heterocycles. The molecule has 0 aliphatic carbocycles. The van der Waals surface area contributed by atoms with E-state index in [0.717, 1.165) is 51.3 Å². The number of rotatable bonds is 2. The van der Waals surface area contributed by atoms with Crippen molar-refractivity contribution in [2.75, 3.05) is 24.5 Å². The monoisotopic (exact) mass is 416 g/mol. The summed E-state index contributed by atoms with van der Waals surface area (Å²) in [7, 11) is 0. The number of aryl methyl sites for hydroxylation is 1. The van der Waals surface area contributed by atoms with Crippen LogP contribution < -0.4 is 4.90 Å². The van der Waals surface area contributed by atoms with Gasteiger partial charge in [-0.2, -0.15) is 0 Å². The number of hydrogen-bond donors (Lipinski definition) is 0. The van der Waals surface area contributed by atoms with Crippen LogP contribution in [-0.4, -0.2) is 60.3 Å². The van der Waals surface area contributed by atoms with Crippen LogP contribution >= 0.6 is 0 Å². The molecule has 0 bridgehead atoms. The van der Waals surface area contributed by atoms with E-state index in [1.807, 2.05) is 12.1 Å². The van der Waals surface area contributed by atoms with Crippen LogP contribution in [0.25, 0.3) is 16.6 Å². The molecular weight excluding hydrogens is 392 g/mol. The first-order chi connectivity index (χ1) is 15.3. The van der Waals surface area contributed by atoms with E-state index in [-0.39, 0.29) is 5.92 Å². The molecule has 2 aliphatic rings. The van der Waals surface area contributed by atoms with Gasteiger partial charge in [0.1, 0.15) is 0 Å². The fraction of sp³-hybridized carbons (Fsp3) is 0.409. The van der Waals surface area contributed by atoms with Crippen LogP contribution in [0.1, 0.15) is 25.0 Å². The van der Waals surface area contributed by atoms with Gasteiger partial charge in [0.2, 0.25) is 5.91 Å². The molecule has 6 rings (SSSR count). The largest absolute Gasteiger partial charge is 0.355 e. The van der Waals surface area contributed by atoms with Crippen molar-refractivity contribution in [2.24, 2.45) is 5.92 Å². The second-order valence-electron chi connectivity index (χ2n) is 8.44. The standard InChI is InChI=1S/C22H24N8O/c31-22(28-10-3-11-29-18(15-28)14-17-4-1-2-5-19(17)29)16-8-12-27(13-9-16)21-7-6-20-23-25-26-30(20)24-21/h1-2,4-7,14,16H,3,8-13,15H2. The number of hydrogen-bond acceptors (Lipinski definition) is 6. The van der Waals surface area contributed by atoms with Gasteiger partial charge >= 0.3 is 0 Å². The molecule has 1 saturated heterocycles. The Morgan fingerprint density at radius 2 is 1.87 bits per heavy atom. The molecule has 4 aromatic rings. The van der Waals surface area contributed by atoms with E-state index in [0.29, 0.717) is 18.1 Å². The van der Waals surface area contributed by atoms with Crippen LogP contribution in [0.5, 0.6) is 0 Å². The number of amides is 1. The Morgan fingerprint density at radius 1 is 1.00 bits per heavy atom. The molecule has 9 heteroatoms. The van der Waals surface area contributed by atoms with Crippen molar-refractivity contribution < 1.29 is 4.79 Å². The summed E-state index contributed by atoms with van der Waals surface area (Å²) in [6.07, 6.45) is 2.67. The Kier molecular flexibility index (Phi) is 4.33. The smallest absolute Gasteiger partial charge is 0.226 e. The topological polar surface area (TPSA) is 84.4 Å². The van der Waals surface area contributed by atoms with E-state index >= 15 is 0 Å². The lowest BCUT2D eigenvalue weighted by atomic mass is 9.95. The lowest BCUT2D eigenvalue weighted by Crippen LogP contribution is -2.42. The summed E-state index contributed by atoms with van der Waals surface area (Å²) in [6, 6.07) is 14.5. The summed E-state index contributed by atoms with van der Waals surface area (Å²) in [5, 5.41) is 17.2. The summed E-state index contributed by atoms with van der Waals surface area (Å²) < 4.78 is 3.83. The molecule has 0 unspecified atom stereocenters. The molecule has 158 valence electrons. The summed E-state index contributed by atoms with van der Waals surface area (Å²) in [4.78, 5) is 17.7. The number of fused-ring (bicyclic) bond motifs is 4. The van der Waals surface area contributed by atoms with Gasteiger partial charge in [0.25, 0.3) is 0 Å². The minimum absolute atomic E-state index is 0.0731. The zero-order valence-corrected chi connectivity index (χ0v) is 17.3. The molecule has 31 heavy (non-hydrogen) atoms. The minimum atomic E-state index is 0.0731. The van der Waals surface area contributed by atoms with E-state index < -0.39 is 0 Å². The maximum atomic E-state index is 13.4. The Labute approximate surface area is 179 Å².